The maximum atomic E-state index is 12.8. The smallest absolute Gasteiger partial charge is 0.168 e. The van der Waals surface area contributed by atoms with Gasteiger partial charge in [0.15, 0.2) is 5.78 Å². The Morgan fingerprint density at radius 3 is 1.76 bits per heavy atom. The standard InChI is InChI=1S/C28H20O/c29-26-19-24-18-23(16-17-25(24)28(26)22-14-8-3-9-15-22)27(20-10-4-1-5-11-20)21-12-6-2-7-13-21/h1-18H,19H2. The third-order valence-corrected chi connectivity index (χ3v) is 5.48. The number of benzene rings is 4. The van der Waals surface area contributed by atoms with E-state index in [0.29, 0.717) is 6.42 Å². The van der Waals surface area contributed by atoms with Crippen LogP contribution in [0.2, 0.25) is 0 Å². The molecule has 4 aromatic rings. The van der Waals surface area contributed by atoms with E-state index >= 15 is 0 Å². The second kappa shape index (κ2) is 7.37. The molecule has 0 unspecified atom stereocenters. The van der Waals surface area contributed by atoms with Crippen molar-refractivity contribution >= 4 is 16.9 Å². The molecule has 0 spiro atoms. The Morgan fingerprint density at radius 2 is 1.17 bits per heavy atom. The number of fused-ring (bicyclic) bond motifs is 1. The van der Waals surface area contributed by atoms with Gasteiger partial charge in [-0.15, -0.1) is 0 Å². The summed E-state index contributed by atoms with van der Waals surface area (Å²) < 4.78 is 0. The maximum Gasteiger partial charge on any atom is 0.168 e. The SMILES string of the molecule is O=C1Cc2cc(=C(c3ccccc3)c3ccccc3)ccc2=C1c1ccccc1. The lowest BCUT2D eigenvalue weighted by molar-refractivity contribution is -0.112. The minimum Gasteiger partial charge on any atom is -0.294 e. The van der Waals surface area contributed by atoms with Crippen molar-refractivity contribution < 1.29 is 4.79 Å². The van der Waals surface area contributed by atoms with Crippen LogP contribution in [0, 0.1) is 0 Å². The lowest BCUT2D eigenvalue weighted by Crippen LogP contribution is -2.16. The molecule has 1 aliphatic carbocycles. The van der Waals surface area contributed by atoms with Crippen LogP contribution in [0.3, 0.4) is 0 Å². The molecular formula is C28H20O. The molecule has 29 heavy (non-hydrogen) atoms. The molecule has 0 saturated heterocycles. The molecule has 0 N–H and O–H groups in total. The zero-order chi connectivity index (χ0) is 19.6. The fourth-order valence-corrected chi connectivity index (χ4v) is 4.18. The van der Waals surface area contributed by atoms with Crippen LogP contribution in [-0.4, -0.2) is 5.78 Å². The highest BCUT2D eigenvalue weighted by atomic mass is 16.1. The Labute approximate surface area is 170 Å². The monoisotopic (exact) mass is 372 g/mol. The molecule has 1 aliphatic rings. The second-order valence-electron chi connectivity index (χ2n) is 7.32. The quantitative estimate of drug-likeness (QED) is 0.525. The van der Waals surface area contributed by atoms with Crippen molar-refractivity contribution in [3.63, 3.8) is 0 Å². The van der Waals surface area contributed by atoms with Gasteiger partial charge < -0.3 is 0 Å². The Balaban J connectivity index is 1.79. The van der Waals surface area contributed by atoms with Gasteiger partial charge >= 0.3 is 0 Å². The summed E-state index contributed by atoms with van der Waals surface area (Å²) in [5, 5.41) is 2.20. The normalized spacial score (nSPS) is 12.7. The van der Waals surface area contributed by atoms with Crippen LogP contribution in [0.25, 0.3) is 11.1 Å². The van der Waals surface area contributed by atoms with Gasteiger partial charge in [0.1, 0.15) is 0 Å². The van der Waals surface area contributed by atoms with Gasteiger partial charge in [-0.3, -0.25) is 4.79 Å². The topological polar surface area (TPSA) is 17.1 Å². The van der Waals surface area contributed by atoms with Gasteiger partial charge in [0.25, 0.3) is 0 Å². The van der Waals surface area contributed by atoms with Crippen LogP contribution >= 0.6 is 0 Å². The van der Waals surface area contributed by atoms with Crippen molar-refractivity contribution in [2.45, 2.75) is 6.42 Å². The molecular weight excluding hydrogens is 352 g/mol. The molecule has 4 aromatic carbocycles. The summed E-state index contributed by atoms with van der Waals surface area (Å²) in [6.07, 6.45) is 0.463. The molecule has 0 atom stereocenters. The summed E-state index contributed by atoms with van der Waals surface area (Å²) in [6, 6.07) is 37.3. The van der Waals surface area contributed by atoms with Crippen LogP contribution < -0.4 is 10.4 Å². The molecule has 0 saturated carbocycles. The third-order valence-electron chi connectivity index (χ3n) is 5.48. The summed E-state index contributed by atoms with van der Waals surface area (Å²) in [6.45, 7) is 0. The van der Waals surface area contributed by atoms with E-state index in [1.54, 1.807) is 0 Å². The Hall–Kier alpha value is -3.71. The first-order valence-electron chi connectivity index (χ1n) is 9.88. The first-order chi connectivity index (χ1) is 14.3. The number of carbonyl (C=O) groups excluding carboxylic acids is 1. The Morgan fingerprint density at radius 1 is 0.621 bits per heavy atom. The van der Waals surface area contributed by atoms with Gasteiger partial charge in [0, 0.05) is 12.0 Å². The third kappa shape index (κ3) is 3.21. The number of Topliss-reactive ketones (excluding diaryl/α,β-unsaturated/α-hetero) is 1. The minimum atomic E-state index is 0.198. The van der Waals surface area contributed by atoms with Gasteiger partial charge in [-0.1, -0.05) is 109 Å². The number of hydrogen-bond donors (Lipinski definition) is 0. The van der Waals surface area contributed by atoms with Crippen molar-refractivity contribution in [1.82, 2.24) is 0 Å². The first-order valence-corrected chi connectivity index (χ1v) is 9.88. The van der Waals surface area contributed by atoms with Crippen molar-refractivity contribution in [2.75, 3.05) is 0 Å². The van der Waals surface area contributed by atoms with E-state index in [-0.39, 0.29) is 5.78 Å². The molecule has 0 radical (unpaired) electrons. The summed E-state index contributed by atoms with van der Waals surface area (Å²) >= 11 is 0. The van der Waals surface area contributed by atoms with Gasteiger partial charge in [-0.25, -0.2) is 0 Å². The van der Waals surface area contributed by atoms with Crippen molar-refractivity contribution in [2.24, 2.45) is 0 Å². The molecule has 5 rings (SSSR count). The molecule has 0 bridgehead atoms. The zero-order valence-electron chi connectivity index (χ0n) is 16.0. The number of hydrogen-bond acceptors (Lipinski definition) is 1. The van der Waals surface area contributed by atoms with E-state index < -0.39 is 0 Å². The van der Waals surface area contributed by atoms with E-state index in [1.165, 1.54) is 16.7 Å². The van der Waals surface area contributed by atoms with Crippen molar-refractivity contribution in [3.8, 4) is 0 Å². The van der Waals surface area contributed by atoms with Crippen LogP contribution in [0.1, 0.15) is 22.3 Å². The summed E-state index contributed by atoms with van der Waals surface area (Å²) in [4.78, 5) is 12.8. The van der Waals surface area contributed by atoms with Crippen LogP contribution in [-0.2, 0) is 11.2 Å². The Bertz CT molecular complexity index is 1260. The van der Waals surface area contributed by atoms with E-state index in [1.807, 2.05) is 42.5 Å². The average molecular weight is 372 g/mol. The van der Waals surface area contributed by atoms with E-state index in [9.17, 15) is 4.79 Å². The van der Waals surface area contributed by atoms with Crippen LogP contribution in [0.15, 0.2) is 109 Å². The van der Waals surface area contributed by atoms with Gasteiger partial charge in [0.05, 0.1) is 0 Å². The highest BCUT2D eigenvalue weighted by molar-refractivity contribution is 6.23. The molecule has 0 aliphatic heterocycles. The Kier molecular flexibility index (Phi) is 4.42. The lowest BCUT2D eigenvalue weighted by Gasteiger charge is -2.09. The molecule has 1 heteroatoms. The summed E-state index contributed by atoms with van der Waals surface area (Å²) in [5.41, 5.74) is 6.49. The molecule has 1 nitrogen and oxygen atoms in total. The molecule has 138 valence electrons. The first kappa shape index (κ1) is 17.4. The number of carbonyl (C=O) groups is 1. The predicted octanol–water partition coefficient (Wildman–Crippen LogP) is 4.26. The summed E-state index contributed by atoms with van der Waals surface area (Å²) in [7, 11) is 0. The largest absolute Gasteiger partial charge is 0.294 e. The molecule has 0 fully saturated rings. The highest BCUT2D eigenvalue weighted by Crippen LogP contribution is 2.22. The van der Waals surface area contributed by atoms with Crippen molar-refractivity contribution in [1.29, 1.82) is 0 Å². The molecule has 0 aromatic heterocycles. The average Bonchev–Trinajstić information content (AvgIpc) is 3.11. The van der Waals surface area contributed by atoms with E-state index in [2.05, 4.69) is 66.7 Å². The fraction of sp³-hybridized carbons (Fsp3) is 0.0357. The highest BCUT2D eigenvalue weighted by Gasteiger charge is 2.22. The fourth-order valence-electron chi connectivity index (χ4n) is 4.18. The van der Waals surface area contributed by atoms with E-state index in [0.717, 1.165) is 27.1 Å². The van der Waals surface area contributed by atoms with Gasteiger partial charge in [-0.05, 0) is 38.3 Å². The molecule has 0 amide bonds. The minimum absolute atomic E-state index is 0.198. The number of ketones is 1. The predicted molar refractivity (Wildman–Crippen MR) is 118 cm³/mol. The number of rotatable bonds is 3. The van der Waals surface area contributed by atoms with E-state index in [4.69, 9.17) is 0 Å². The van der Waals surface area contributed by atoms with Gasteiger partial charge in [0.2, 0.25) is 0 Å². The second-order valence-corrected chi connectivity index (χ2v) is 7.32. The van der Waals surface area contributed by atoms with Crippen LogP contribution in [0.4, 0.5) is 0 Å². The summed E-state index contributed by atoms with van der Waals surface area (Å²) in [5.74, 6) is 0.198. The molecule has 0 heterocycles. The van der Waals surface area contributed by atoms with Gasteiger partial charge in [-0.2, -0.15) is 0 Å². The lowest BCUT2D eigenvalue weighted by atomic mass is 9.94. The zero-order valence-corrected chi connectivity index (χ0v) is 16.0. The van der Waals surface area contributed by atoms with Crippen LogP contribution in [0.5, 0.6) is 0 Å². The maximum absolute atomic E-state index is 12.8. The van der Waals surface area contributed by atoms with Crippen molar-refractivity contribution in [3.05, 3.63) is 142 Å².